The van der Waals surface area contributed by atoms with E-state index in [1.807, 2.05) is 36.4 Å². The zero-order valence-corrected chi connectivity index (χ0v) is 20.2. The average Bonchev–Trinajstić information content (AvgIpc) is 3.34. The van der Waals surface area contributed by atoms with Crippen molar-refractivity contribution in [2.75, 3.05) is 24.5 Å². The number of alkyl halides is 3. The molecule has 8 nitrogen and oxygen atoms in total. The van der Waals surface area contributed by atoms with E-state index in [0.717, 1.165) is 59.0 Å². The number of Topliss-reactive ketones (excluding diaryl/α,β-unsaturated/α-hetero) is 1. The number of amides is 1. The van der Waals surface area contributed by atoms with Gasteiger partial charge in [-0.05, 0) is 35.9 Å². The van der Waals surface area contributed by atoms with Crippen molar-refractivity contribution in [2.24, 2.45) is 0 Å². The van der Waals surface area contributed by atoms with Gasteiger partial charge < -0.3 is 20.3 Å². The molecule has 0 spiro atoms. The van der Waals surface area contributed by atoms with E-state index in [4.69, 9.17) is 9.90 Å². The first-order valence-electron chi connectivity index (χ1n) is 11.9. The van der Waals surface area contributed by atoms with Crippen LogP contribution >= 0.6 is 0 Å². The van der Waals surface area contributed by atoms with Gasteiger partial charge in [-0.2, -0.15) is 13.2 Å². The summed E-state index contributed by atoms with van der Waals surface area (Å²) < 4.78 is 31.7. The molecule has 11 heteroatoms. The number of anilines is 1. The third-order valence-corrected chi connectivity index (χ3v) is 6.17. The van der Waals surface area contributed by atoms with Crippen molar-refractivity contribution in [1.29, 1.82) is 0 Å². The van der Waals surface area contributed by atoms with Gasteiger partial charge in [0.1, 0.15) is 5.78 Å². The van der Waals surface area contributed by atoms with E-state index in [-0.39, 0.29) is 5.91 Å². The molecule has 1 saturated heterocycles. The highest BCUT2D eigenvalue weighted by Gasteiger charge is 2.38. The maximum absolute atomic E-state index is 12.1. The molecular formula is C27H25F3N4O4. The van der Waals surface area contributed by atoms with Crippen molar-refractivity contribution in [3.8, 4) is 11.3 Å². The minimum absolute atomic E-state index is 0.0195. The lowest BCUT2D eigenvalue weighted by atomic mass is 10.1. The van der Waals surface area contributed by atoms with Crippen LogP contribution in [0.4, 0.5) is 18.9 Å². The van der Waals surface area contributed by atoms with Gasteiger partial charge in [-0.1, -0.05) is 24.3 Å². The number of pyridine rings is 1. The van der Waals surface area contributed by atoms with Crippen LogP contribution in [0.5, 0.6) is 0 Å². The summed E-state index contributed by atoms with van der Waals surface area (Å²) in [5.74, 6) is -2.43. The van der Waals surface area contributed by atoms with Gasteiger partial charge in [0.25, 0.3) is 5.91 Å². The minimum Gasteiger partial charge on any atom is -0.475 e. The number of carboxylic acid groups (broad SMARTS) is 1. The van der Waals surface area contributed by atoms with Gasteiger partial charge in [0, 0.05) is 67.7 Å². The van der Waals surface area contributed by atoms with Crippen LogP contribution < -0.4 is 10.2 Å². The number of ketones is 1. The first kappa shape index (κ1) is 26.6. The molecule has 0 bridgehead atoms. The maximum Gasteiger partial charge on any atom is 0.490 e. The molecule has 5 rings (SSSR count). The van der Waals surface area contributed by atoms with Crippen molar-refractivity contribution < 1.29 is 32.7 Å². The summed E-state index contributed by atoms with van der Waals surface area (Å²) in [6.07, 6.45) is 2.83. The highest BCUT2D eigenvalue weighted by atomic mass is 19.4. The zero-order valence-electron chi connectivity index (χ0n) is 20.2. The SMILES string of the molecule is O=C(O)C(F)(F)F.O=C1CCN(c2ccccc2C=Cc2cc(-c3cc4c([nH]3)CCNC4=O)ccn2)CC1. The number of aromatic nitrogens is 2. The summed E-state index contributed by atoms with van der Waals surface area (Å²) in [5, 5.41) is 10.0. The number of hydrogen-bond acceptors (Lipinski definition) is 5. The lowest BCUT2D eigenvalue weighted by Gasteiger charge is -2.29. The van der Waals surface area contributed by atoms with E-state index < -0.39 is 12.1 Å². The molecule has 1 amide bonds. The molecule has 3 N–H and O–H groups in total. The van der Waals surface area contributed by atoms with Crippen molar-refractivity contribution in [3.05, 3.63) is 71.2 Å². The Bertz CT molecular complexity index is 1370. The van der Waals surface area contributed by atoms with Crippen LogP contribution in [0.2, 0.25) is 0 Å². The second-order valence-electron chi connectivity index (χ2n) is 8.77. The molecule has 4 heterocycles. The fraction of sp³-hybridized carbons (Fsp3) is 0.259. The van der Waals surface area contributed by atoms with E-state index >= 15 is 0 Å². The smallest absolute Gasteiger partial charge is 0.475 e. The molecule has 0 radical (unpaired) electrons. The number of nitrogens with one attached hydrogen (secondary N) is 2. The number of H-pyrrole nitrogens is 1. The molecule has 38 heavy (non-hydrogen) atoms. The van der Waals surface area contributed by atoms with Gasteiger partial charge in [-0.15, -0.1) is 0 Å². The summed E-state index contributed by atoms with van der Waals surface area (Å²) in [6.45, 7) is 2.20. The largest absolute Gasteiger partial charge is 0.490 e. The minimum atomic E-state index is -5.08. The number of aromatic amines is 1. The molecule has 0 saturated carbocycles. The molecule has 0 atom stereocenters. The topological polar surface area (TPSA) is 115 Å². The van der Waals surface area contributed by atoms with Crippen molar-refractivity contribution in [3.63, 3.8) is 0 Å². The second-order valence-corrected chi connectivity index (χ2v) is 8.77. The Morgan fingerprint density at radius 1 is 1.03 bits per heavy atom. The molecule has 0 unspecified atom stereocenters. The maximum atomic E-state index is 12.1. The van der Waals surface area contributed by atoms with Crippen LogP contribution in [0.1, 0.15) is 40.2 Å². The number of fused-ring (bicyclic) bond motifs is 1. The number of carbonyl (C=O) groups is 3. The van der Waals surface area contributed by atoms with Gasteiger partial charge in [0.15, 0.2) is 0 Å². The molecule has 3 aromatic rings. The van der Waals surface area contributed by atoms with Gasteiger partial charge >= 0.3 is 12.1 Å². The fourth-order valence-corrected chi connectivity index (χ4v) is 4.24. The number of nitrogens with zero attached hydrogens (tertiary/aromatic N) is 2. The first-order valence-corrected chi connectivity index (χ1v) is 11.9. The van der Waals surface area contributed by atoms with Crippen LogP contribution in [-0.2, 0) is 16.0 Å². The van der Waals surface area contributed by atoms with Crippen LogP contribution in [-0.4, -0.2) is 58.5 Å². The number of halogens is 3. The quantitative estimate of drug-likeness (QED) is 0.466. The van der Waals surface area contributed by atoms with E-state index in [1.54, 1.807) is 6.20 Å². The third kappa shape index (κ3) is 6.47. The highest BCUT2D eigenvalue weighted by molar-refractivity contribution is 5.97. The van der Waals surface area contributed by atoms with Crippen molar-refractivity contribution >= 4 is 35.5 Å². The molecule has 198 valence electrons. The standard InChI is InChI=1S/C25H24N4O2.C2HF3O2/c30-20-9-13-29(14-10-20)24-4-2-1-3-17(24)5-6-19-15-18(7-11-26-19)23-16-21-22(28-23)8-12-27-25(21)31;3-2(4,5)1(6)7/h1-7,11,15-16,28H,8-10,12-14H2,(H,27,31);(H,6,7). The predicted octanol–water partition coefficient (Wildman–Crippen LogP) is 4.34. The summed E-state index contributed by atoms with van der Waals surface area (Å²) in [6, 6.07) is 14.1. The Morgan fingerprint density at radius 3 is 2.42 bits per heavy atom. The van der Waals surface area contributed by atoms with Crippen molar-refractivity contribution in [2.45, 2.75) is 25.4 Å². The Hall–Kier alpha value is -4.41. The van der Waals surface area contributed by atoms with Crippen LogP contribution in [0.15, 0.2) is 48.7 Å². The Labute approximate surface area is 216 Å². The molecule has 1 aromatic carbocycles. The summed E-state index contributed by atoms with van der Waals surface area (Å²) in [4.78, 5) is 42.7. The number of carbonyl (C=O) groups excluding carboxylic acids is 2. The van der Waals surface area contributed by atoms with Crippen molar-refractivity contribution in [1.82, 2.24) is 15.3 Å². The van der Waals surface area contributed by atoms with Gasteiger partial charge in [-0.3, -0.25) is 14.6 Å². The highest BCUT2D eigenvalue weighted by Crippen LogP contribution is 2.27. The van der Waals surface area contributed by atoms with Crippen LogP contribution in [0.3, 0.4) is 0 Å². The Kier molecular flexibility index (Phi) is 7.94. The number of benzene rings is 1. The molecular weight excluding hydrogens is 501 g/mol. The first-order chi connectivity index (χ1) is 18.1. The number of rotatable bonds is 4. The summed E-state index contributed by atoms with van der Waals surface area (Å²) in [7, 11) is 0. The molecule has 2 aromatic heterocycles. The number of hydrogen-bond donors (Lipinski definition) is 3. The predicted molar refractivity (Wildman–Crippen MR) is 136 cm³/mol. The summed E-state index contributed by atoms with van der Waals surface area (Å²) >= 11 is 0. The van der Waals surface area contributed by atoms with Gasteiger partial charge in [0.2, 0.25) is 0 Å². The fourth-order valence-electron chi connectivity index (χ4n) is 4.24. The number of para-hydroxylation sites is 1. The lowest BCUT2D eigenvalue weighted by molar-refractivity contribution is -0.192. The number of carboxylic acids is 1. The second kappa shape index (κ2) is 11.3. The van der Waals surface area contributed by atoms with E-state index in [9.17, 15) is 22.8 Å². The normalized spacial score (nSPS) is 15.5. The molecule has 1 fully saturated rings. The van der Waals surface area contributed by atoms with E-state index in [1.165, 1.54) is 0 Å². The number of aliphatic carboxylic acids is 1. The Morgan fingerprint density at radius 2 is 1.74 bits per heavy atom. The molecule has 2 aliphatic rings. The zero-order chi connectivity index (χ0) is 27.3. The Balaban J connectivity index is 0.000000426. The number of piperidine rings is 1. The van der Waals surface area contributed by atoms with Crippen LogP contribution in [0, 0.1) is 0 Å². The van der Waals surface area contributed by atoms with E-state index in [2.05, 4.69) is 38.4 Å². The molecule has 0 aliphatic carbocycles. The lowest BCUT2D eigenvalue weighted by Crippen LogP contribution is -2.34. The average molecular weight is 527 g/mol. The summed E-state index contributed by atoms with van der Waals surface area (Å²) in [5.41, 5.74) is 6.74. The third-order valence-electron chi connectivity index (χ3n) is 6.17. The molecule has 2 aliphatic heterocycles. The van der Waals surface area contributed by atoms with Crippen LogP contribution in [0.25, 0.3) is 23.4 Å². The van der Waals surface area contributed by atoms with Gasteiger partial charge in [-0.25, -0.2) is 4.79 Å². The van der Waals surface area contributed by atoms with Gasteiger partial charge in [0.05, 0.1) is 11.3 Å². The monoisotopic (exact) mass is 526 g/mol. The van der Waals surface area contributed by atoms with E-state index in [0.29, 0.717) is 25.2 Å².